The molecular weight excluding hydrogens is 436 g/mol. The zero-order valence-electron chi connectivity index (χ0n) is 26.6. The zero-order chi connectivity index (χ0) is 27.9. The summed E-state index contributed by atoms with van der Waals surface area (Å²) in [5.41, 5.74) is -0.604. The summed E-state index contributed by atoms with van der Waals surface area (Å²) in [5.74, 6) is 0.743. The second-order valence-electron chi connectivity index (χ2n) is 14.0. The highest BCUT2D eigenvalue weighted by Crippen LogP contribution is 2.42. The minimum absolute atomic E-state index is 0.0415. The number of hydrogen-bond acceptors (Lipinski definition) is 5. The van der Waals surface area contributed by atoms with Crippen LogP contribution in [0.4, 0.5) is 0 Å². The lowest BCUT2D eigenvalue weighted by atomic mass is 9.68. The summed E-state index contributed by atoms with van der Waals surface area (Å²) in [7, 11) is 4.02. The Hall–Kier alpha value is -0.200. The van der Waals surface area contributed by atoms with E-state index in [1.807, 2.05) is 14.1 Å². The Labute approximate surface area is 220 Å². The minimum Gasteiger partial charge on any atom is -0.375 e. The van der Waals surface area contributed by atoms with Gasteiger partial charge in [0, 0.05) is 18.2 Å². The fourth-order valence-corrected chi connectivity index (χ4v) is 4.57. The Kier molecular flexibility index (Phi) is 13.5. The molecule has 5 heteroatoms. The van der Waals surface area contributed by atoms with Gasteiger partial charge >= 0.3 is 0 Å². The molecule has 2 N–H and O–H groups in total. The maximum Gasteiger partial charge on any atom is 0.0680 e. The van der Waals surface area contributed by atoms with Gasteiger partial charge in [0.1, 0.15) is 0 Å². The summed E-state index contributed by atoms with van der Waals surface area (Å²) in [5, 5.41) is 6.69. The van der Waals surface area contributed by atoms with Gasteiger partial charge in [-0.05, 0) is 120 Å². The summed E-state index contributed by atoms with van der Waals surface area (Å²) in [6.07, 6.45) is 3.11. The molecule has 0 spiro atoms. The SMILES string of the molecule is CNC(C)CC(C)(C)OCC(C)C(C)(C)C(C)(C)OCCC(C)C(C)(C)OC(C)CC(C)(C)NC. The molecule has 4 atom stereocenters. The van der Waals surface area contributed by atoms with Crippen LogP contribution in [-0.4, -0.2) is 61.8 Å². The highest BCUT2D eigenvalue weighted by atomic mass is 16.5. The summed E-state index contributed by atoms with van der Waals surface area (Å²) < 4.78 is 19.5. The maximum atomic E-state index is 6.57. The molecule has 0 fully saturated rings. The van der Waals surface area contributed by atoms with E-state index >= 15 is 0 Å². The van der Waals surface area contributed by atoms with Gasteiger partial charge in [0.05, 0.1) is 29.5 Å². The molecule has 5 nitrogen and oxygen atoms in total. The van der Waals surface area contributed by atoms with Crippen LogP contribution in [0.5, 0.6) is 0 Å². The Morgan fingerprint density at radius 1 is 0.714 bits per heavy atom. The molecule has 35 heavy (non-hydrogen) atoms. The van der Waals surface area contributed by atoms with E-state index in [0.29, 0.717) is 17.9 Å². The third-order valence-electron chi connectivity index (χ3n) is 8.98. The van der Waals surface area contributed by atoms with E-state index in [1.165, 1.54) is 0 Å². The Morgan fingerprint density at radius 2 is 1.26 bits per heavy atom. The minimum atomic E-state index is -0.271. The third-order valence-corrected chi connectivity index (χ3v) is 8.98. The van der Waals surface area contributed by atoms with E-state index < -0.39 is 0 Å². The van der Waals surface area contributed by atoms with E-state index in [-0.39, 0.29) is 33.9 Å². The molecule has 0 amide bonds. The zero-order valence-corrected chi connectivity index (χ0v) is 26.6. The highest BCUT2D eigenvalue weighted by Gasteiger charge is 2.43. The van der Waals surface area contributed by atoms with Gasteiger partial charge in [-0.25, -0.2) is 0 Å². The van der Waals surface area contributed by atoms with Gasteiger partial charge < -0.3 is 24.8 Å². The first-order valence-corrected chi connectivity index (χ1v) is 13.9. The van der Waals surface area contributed by atoms with Crippen molar-refractivity contribution in [1.29, 1.82) is 0 Å². The molecule has 0 aromatic rings. The molecule has 4 unspecified atom stereocenters. The van der Waals surface area contributed by atoms with Crippen molar-refractivity contribution >= 4 is 0 Å². The molecular formula is C30H64N2O3. The van der Waals surface area contributed by atoms with Crippen LogP contribution in [0.1, 0.15) is 116 Å². The first kappa shape index (κ1) is 34.8. The molecule has 0 aliphatic carbocycles. The fraction of sp³-hybridized carbons (Fsp3) is 1.00. The number of rotatable bonds is 18. The molecule has 0 aliphatic heterocycles. The van der Waals surface area contributed by atoms with Gasteiger partial charge in [-0.3, -0.25) is 0 Å². The lowest BCUT2D eigenvalue weighted by molar-refractivity contribution is -0.151. The Balaban J connectivity index is 4.88. The molecule has 212 valence electrons. The normalized spacial score (nSPS) is 17.8. The number of nitrogens with one attached hydrogen (secondary N) is 2. The quantitative estimate of drug-likeness (QED) is 0.216. The van der Waals surface area contributed by atoms with E-state index in [4.69, 9.17) is 14.2 Å². The molecule has 0 saturated heterocycles. The first-order valence-electron chi connectivity index (χ1n) is 13.9. The van der Waals surface area contributed by atoms with Gasteiger partial charge in [-0.15, -0.1) is 0 Å². The van der Waals surface area contributed by atoms with Crippen molar-refractivity contribution in [3.63, 3.8) is 0 Å². The van der Waals surface area contributed by atoms with Crippen LogP contribution in [0.3, 0.4) is 0 Å². The van der Waals surface area contributed by atoms with Crippen molar-refractivity contribution in [2.24, 2.45) is 17.3 Å². The van der Waals surface area contributed by atoms with Crippen LogP contribution in [0.15, 0.2) is 0 Å². The van der Waals surface area contributed by atoms with Crippen molar-refractivity contribution in [3.05, 3.63) is 0 Å². The van der Waals surface area contributed by atoms with E-state index in [2.05, 4.69) is 108 Å². The van der Waals surface area contributed by atoms with Crippen molar-refractivity contribution in [2.75, 3.05) is 27.3 Å². The van der Waals surface area contributed by atoms with Gasteiger partial charge in [0.2, 0.25) is 0 Å². The standard InChI is InChI=1S/C30H64N2O3/c1-22(29(11,12)35-25(4)20-26(5,6)32-16)17-18-33-30(13,14)28(9,10)23(2)21-34-27(7,8)19-24(3)31-15/h22-25,31-32H,17-21H2,1-16H3. The van der Waals surface area contributed by atoms with Crippen molar-refractivity contribution in [2.45, 2.75) is 151 Å². The van der Waals surface area contributed by atoms with Crippen molar-refractivity contribution in [3.8, 4) is 0 Å². The Bertz CT molecular complexity index is 598. The molecule has 0 heterocycles. The monoisotopic (exact) mass is 500 g/mol. The lowest BCUT2D eigenvalue weighted by Gasteiger charge is -2.46. The summed E-state index contributed by atoms with van der Waals surface area (Å²) in [6, 6.07) is 0.432. The van der Waals surface area contributed by atoms with Crippen LogP contribution in [0.25, 0.3) is 0 Å². The predicted molar refractivity (Wildman–Crippen MR) is 152 cm³/mol. The second-order valence-corrected chi connectivity index (χ2v) is 14.0. The maximum absolute atomic E-state index is 6.57. The molecule has 0 aliphatic rings. The molecule has 0 bridgehead atoms. The third kappa shape index (κ3) is 11.8. The van der Waals surface area contributed by atoms with Gasteiger partial charge in [0.15, 0.2) is 0 Å². The summed E-state index contributed by atoms with van der Waals surface area (Å²) in [6.45, 7) is 32.7. The number of hydrogen-bond donors (Lipinski definition) is 2. The summed E-state index contributed by atoms with van der Waals surface area (Å²) in [4.78, 5) is 0. The van der Waals surface area contributed by atoms with Crippen LogP contribution in [-0.2, 0) is 14.2 Å². The molecule has 0 rings (SSSR count). The van der Waals surface area contributed by atoms with Gasteiger partial charge in [-0.2, -0.15) is 0 Å². The van der Waals surface area contributed by atoms with Crippen LogP contribution < -0.4 is 10.6 Å². The molecule has 0 aromatic carbocycles. The van der Waals surface area contributed by atoms with Crippen LogP contribution >= 0.6 is 0 Å². The highest BCUT2D eigenvalue weighted by molar-refractivity contribution is 4.92. The van der Waals surface area contributed by atoms with Crippen molar-refractivity contribution in [1.82, 2.24) is 10.6 Å². The average Bonchev–Trinajstić information content (AvgIpc) is 2.70. The summed E-state index contributed by atoms with van der Waals surface area (Å²) >= 11 is 0. The predicted octanol–water partition coefficient (Wildman–Crippen LogP) is 6.84. The van der Waals surface area contributed by atoms with E-state index in [0.717, 1.165) is 32.5 Å². The first-order chi connectivity index (χ1) is 15.6. The molecule has 0 aromatic heterocycles. The van der Waals surface area contributed by atoms with E-state index in [1.54, 1.807) is 0 Å². The van der Waals surface area contributed by atoms with Crippen LogP contribution in [0, 0.1) is 17.3 Å². The van der Waals surface area contributed by atoms with Crippen LogP contribution in [0.2, 0.25) is 0 Å². The topological polar surface area (TPSA) is 51.8 Å². The largest absolute Gasteiger partial charge is 0.375 e. The number of ether oxygens (including phenoxy) is 3. The lowest BCUT2D eigenvalue weighted by Crippen LogP contribution is -2.48. The van der Waals surface area contributed by atoms with Crippen molar-refractivity contribution < 1.29 is 14.2 Å². The smallest absolute Gasteiger partial charge is 0.0680 e. The van der Waals surface area contributed by atoms with E-state index in [9.17, 15) is 0 Å². The van der Waals surface area contributed by atoms with Gasteiger partial charge in [-0.1, -0.05) is 27.7 Å². The van der Waals surface area contributed by atoms with Gasteiger partial charge in [0.25, 0.3) is 0 Å². The Morgan fingerprint density at radius 3 is 1.74 bits per heavy atom. The molecule has 0 radical (unpaired) electrons. The second kappa shape index (κ2) is 13.6. The fourth-order valence-electron chi connectivity index (χ4n) is 4.57. The average molecular weight is 501 g/mol. The molecule has 0 saturated carbocycles.